The van der Waals surface area contributed by atoms with Crippen molar-refractivity contribution < 1.29 is 14.6 Å². The molecule has 2 N–H and O–H groups in total. The van der Waals surface area contributed by atoms with Crippen LogP contribution in [0.15, 0.2) is 22.7 Å². The fourth-order valence-electron chi connectivity index (χ4n) is 1.44. The molecule has 1 aromatic carbocycles. The molecule has 1 unspecified atom stereocenters. The molecule has 5 heteroatoms. The zero-order chi connectivity index (χ0) is 12.8. The lowest BCUT2D eigenvalue weighted by atomic mass is 10.2. The van der Waals surface area contributed by atoms with Crippen molar-refractivity contribution in [3.63, 3.8) is 0 Å². The second-order valence-corrected chi connectivity index (χ2v) is 4.56. The molecule has 94 valence electrons. The summed E-state index contributed by atoms with van der Waals surface area (Å²) in [5.74, 6) is -0.946. The Morgan fingerprint density at radius 1 is 1.59 bits per heavy atom. The largest absolute Gasteiger partial charge is 0.478 e. The summed E-state index contributed by atoms with van der Waals surface area (Å²) in [5.41, 5.74) is 0.857. The van der Waals surface area contributed by atoms with E-state index in [1.165, 1.54) is 0 Å². The Labute approximate surface area is 109 Å². The molecule has 0 bridgehead atoms. The van der Waals surface area contributed by atoms with Crippen molar-refractivity contribution in [3.05, 3.63) is 28.2 Å². The van der Waals surface area contributed by atoms with Gasteiger partial charge in [-0.2, -0.15) is 0 Å². The van der Waals surface area contributed by atoms with Gasteiger partial charge < -0.3 is 15.2 Å². The van der Waals surface area contributed by atoms with Crippen molar-refractivity contribution in [1.29, 1.82) is 0 Å². The number of nitrogens with one attached hydrogen (secondary N) is 1. The number of rotatable bonds is 6. The number of hydrogen-bond acceptors (Lipinski definition) is 3. The van der Waals surface area contributed by atoms with Crippen LogP contribution in [0, 0.1) is 0 Å². The van der Waals surface area contributed by atoms with E-state index in [1.807, 2.05) is 13.8 Å². The number of anilines is 1. The molecule has 1 atom stereocenters. The monoisotopic (exact) mass is 301 g/mol. The van der Waals surface area contributed by atoms with Gasteiger partial charge in [0.2, 0.25) is 0 Å². The van der Waals surface area contributed by atoms with Crippen LogP contribution >= 0.6 is 15.9 Å². The number of ether oxygens (including phenoxy) is 1. The average molecular weight is 302 g/mol. The van der Waals surface area contributed by atoms with Crippen LogP contribution in [-0.2, 0) is 4.74 Å². The average Bonchev–Trinajstić information content (AvgIpc) is 2.27. The fourth-order valence-corrected chi connectivity index (χ4v) is 1.81. The summed E-state index contributed by atoms with van der Waals surface area (Å²) in [5, 5.41) is 12.1. The smallest absolute Gasteiger partial charge is 0.337 e. The number of hydrogen-bond donors (Lipinski definition) is 2. The minimum Gasteiger partial charge on any atom is -0.478 e. The molecule has 4 nitrogen and oxygen atoms in total. The van der Waals surface area contributed by atoms with Gasteiger partial charge in [0, 0.05) is 23.3 Å². The van der Waals surface area contributed by atoms with Gasteiger partial charge in [-0.05, 0) is 32.0 Å². The minimum atomic E-state index is -0.946. The molecule has 0 aromatic heterocycles. The second kappa shape index (κ2) is 6.61. The molecule has 0 heterocycles. The molecule has 0 fully saturated rings. The van der Waals surface area contributed by atoms with Gasteiger partial charge in [-0.3, -0.25) is 0 Å². The van der Waals surface area contributed by atoms with Crippen LogP contribution < -0.4 is 5.32 Å². The van der Waals surface area contributed by atoms with Crippen LogP contribution in [0.25, 0.3) is 0 Å². The zero-order valence-corrected chi connectivity index (χ0v) is 11.5. The summed E-state index contributed by atoms with van der Waals surface area (Å²) < 4.78 is 6.12. The van der Waals surface area contributed by atoms with E-state index in [9.17, 15) is 4.79 Å². The van der Waals surface area contributed by atoms with Crippen molar-refractivity contribution in [1.82, 2.24) is 0 Å². The Morgan fingerprint density at radius 2 is 2.29 bits per heavy atom. The first-order valence-electron chi connectivity index (χ1n) is 5.43. The van der Waals surface area contributed by atoms with Gasteiger partial charge in [0.25, 0.3) is 0 Å². The van der Waals surface area contributed by atoms with E-state index >= 15 is 0 Å². The predicted molar refractivity (Wildman–Crippen MR) is 70.7 cm³/mol. The fraction of sp³-hybridized carbons (Fsp3) is 0.417. The number of carboxylic acid groups (broad SMARTS) is 1. The number of carboxylic acids is 1. The van der Waals surface area contributed by atoms with Crippen LogP contribution in [-0.4, -0.2) is 30.3 Å². The molecule has 0 spiro atoms. The van der Waals surface area contributed by atoms with Crippen molar-refractivity contribution in [3.8, 4) is 0 Å². The first kappa shape index (κ1) is 14.0. The van der Waals surface area contributed by atoms with E-state index in [1.54, 1.807) is 18.2 Å². The minimum absolute atomic E-state index is 0.0466. The zero-order valence-electron chi connectivity index (χ0n) is 9.87. The molecule has 1 aromatic rings. The highest BCUT2D eigenvalue weighted by Crippen LogP contribution is 2.21. The summed E-state index contributed by atoms with van der Waals surface area (Å²) in [7, 11) is 0. The Bertz CT molecular complexity index is 395. The summed E-state index contributed by atoms with van der Waals surface area (Å²) >= 11 is 3.25. The van der Waals surface area contributed by atoms with Gasteiger partial charge >= 0.3 is 5.97 Å². The highest BCUT2D eigenvalue weighted by atomic mass is 79.9. The van der Waals surface area contributed by atoms with E-state index in [2.05, 4.69) is 21.2 Å². The van der Waals surface area contributed by atoms with Crippen molar-refractivity contribution in [2.75, 3.05) is 18.5 Å². The third-order valence-electron chi connectivity index (χ3n) is 2.24. The number of benzene rings is 1. The molecule has 0 aliphatic rings. The third-order valence-corrected chi connectivity index (χ3v) is 2.74. The lowest BCUT2D eigenvalue weighted by Crippen LogP contribution is -2.20. The van der Waals surface area contributed by atoms with Crippen LogP contribution in [0.2, 0.25) is 0 Å². The van der Waals surface area contributed by atoms with E-state index in [0.29, 0.717) is 18.8 Å². The molecule has 0 radical (unpaired) electrons. The molecule has 0 amide bonds. The summed E-state index contributed by atoms with van der Waals surface area (Å²) in [6.45, 7) is 5.10. The van der Waals surface area contributed by atoms with Crippen LogP contribution in [0.5, 0.6) is 0 Å². The predicted octanol–water partition coefficient (Wildman–Crippen LogP) is 2.98. The normalized spacial score (nSPS) is 12.2. The van der Waals surface area contributed by atoms with E-state index in [0.717, 1.165) is 4.47 Å². The molecule has 17 heavy (non-hydrogen) atoms. The second-order valence-electron chi connectivity index (χ2n) is 3.64. The van der Waals surface area contributed by atoms with Crippen molar-refractivity contribution >= 4 is 27.6 Å². The first-order valence-corrected chi connectivity index (χ1v) is 6.22. The summed E-state index contributed by atoms with van der Waals surface area (Å²) in [4.78, 5) is 11.1. The van der Waals surface area contributed by atoms with Crippen molar-refractivity contribution in [2.45, 2.75) is 20.0 Å². The van der Waals surface area contributed by atoms with Crippen LogP contribution in [0.3, 0.4) is 0 Å². The van der Waals surface area contributed by atoms with Gasteiger partial charge in [-0.1, -0.05) is 15.9 Å². The molecule has 0 saturated heterocycles. The van der Waals surface area contributed by atoms with Crippen LogP contribution in [0.1, 0.15) is 24.2 Å². The Morgan fingerprint density at radius 3 is 2.88 bits per heavy atom. The Kier molecular flexibility index (Phi) is 5.44. The topological polar surface area (TPSA) is 58.6 Å². The van der Waals surface area contributed by atoms with Gasteiger partial charge in [0.05, 0.1) is 11.7 Å². The van der Waals surface area contributed by atoms with Gasteiger partial charge in [0.15, 0.2) is 0 Å². The Hall–Kier alpha value is -1.07. The lowest BCUT2D eigenvalue weighted by Gasteiger charge is -2.15. The van der Waals surface area contributed by atoms with Crippen molar-refractivity contribution in [2.24, 2.45) is 0 Å². The number of halogens is 1. The molecule has 0 saturated carbocycles. The Balaban J connectivity index is 2.73. The van der Waals surface area contributed by atoms with Gasteiger partial charge in [-0.15, -0.1) is 0 Å². The van der Waals surface area contributed by atoms with Crippen LogP contribution in [0.4, 0.5) is 5.69 Å². The van der Waals surface area contributed by atoms with E-state index in [-0.39, 0.29) is 11.7 Å². The maximum Gasteiger partial charge on any atom is 0.337 e. The number of aromatic carboxylic acids is 1. The lowest BCUT2D eigenvalue weighted by molar-refractivity contribution is 0.0696. The van der Waals surface area contributed by atoms with E-state index in [4.69, 9.17) is 9.84 Å². The summed E-state index contributed by atoms with van der Waals surface area (Å²) in [6.07, 6.45) is 0.0466. The summed E-state index contributed by atoms with van der Waals surface area (Å²) in [6, 6.07) is 5.13. The number of carbonyl (C=O) groups is 1. The molecule has 1 rings (SSSR count). The third kappa shape index (κ3) is 4.36. The maximum absolute atomic E-state index is 11.1. The highest BCUT2D eigenvalue weighted by Gasteiger charge is 2.11. The molecular weight excluding hydrogens is 286 g/mol. The van der Waals surface area contributed by atoms with E-state index < -0.39 is 5.97 Å². The highest BCUT2D eigenvalue weighted by molar-refractivity contribution is 9.10. The quantitative estimate of drug-likeness (QED) is 0.848. The SMILES string of the molecule is CCOC(C)CNc1ccc(Br)cc1C(=O)O. The van der Waals surface area contributed by atoms with Gasteiger partial charge in [0.1, 0.15) is 0 Å². The molecule has 0 aliphatic carbocycles. The molecule has 0 aliphatic heterocycles. The molecular formula is C12H16BrNO3. The van der Waals surface area contributed by atoms with Gasteiger partial charge in [-0.25, -0.2) is 4.79 Å². The maximum atomic E-state index is 11.1. The first-order chi connectivity index (χ1) is 8.04. The standard InChI is InChI=1S/C12H16BrNO3/c1-3-17-8(2)7-14-11-5-4-9(13)6-10(11)12(15)16/h4-6,8,14H,3,7H2,1-2H3,(H,15,16).